The lowest BCUT2D eigenvalue weighted by molar-refractivity contribution is -0.146. The molecule has 0 aliphatic carbocycles. The molecule has 0 atom stereocenters. The molecular formula is C22H16Cl3NO3. The van der Waals surface area contributed by atoms with Crippen LogP contribution in [0.2, 0.25) is 15.1 Å². The van der Waals surface area contributed by atoms with Crippen LogP contribution >= 0.6 is 34.8 Å². The van der Waals surface area contributed by atoms with Gasteiger partial charge in [-0.1, -0.05) is 89.4 Å². The molecule has 4 nitrogen and oxygen atoms in total. The van der Waals surface area contributed by atoms with Crippen LogP contribution in [0.15, 0.2) is 66.7 Å². The van der Waals surface area contributed by atoms with Crippen LogP contribution in [-0.4, -0.2) is 18.5 Å². The molecule has 0 heterocycles. The highest BCUT2D eigenvalue weighted by atomic mass is 35.5. The molecule has 0 aromatic heterocycles. The Morgan fingerprint density at radius 2 is 1.41 bits per heavy atom. The smallest absolute Gasteiger partial charge is 0.310 e. The third-order valence-corrected chi connectivity index (χ3v) is 4.86. The van der Waals surface area contributed by atoms with Crippen molar-refractivity contribution in [1.29, 1.82) is 0 Å². The van der Waals surface area contributed by atoms with E-state index in [0.29, 0.717) is 5.02 Å². The lowest BCUT2D eigenvalue weighted by Gasteiger charge is -2.10. The lowest BCUT2D eigenvalue weighted by Crippen LogP contribution is -2.22. The number of ether oxygens (including phenoxy) is 1. The Labute approximate surface area is 183 Å². The highest BCUT2D eigenvalue weighted by molar-refractivity contribution is 6.42. The standard InChI is InChI=1S/C22H16Cl3NO3/c23-17-11-18(24)22(19(25)12-17)26-20(27)13-29-21(28)10-14-6-8-16(9-7-14)15-4-2-1-3-5-15/h1-9,11-12H,10,13H2,(H,26,27). The van der Waals surface area contributed by atoms with Crippen LogP contribution in [0, 0.1) is 0 Å². The van der Waals surface area contributed by atoms with Crippen LogP contribution in [0.5, 0.6) is 0 Å². The van der Waals surface area contributed by atoms with E-state index in [4.69, 9.17) is 39.5 Å². The molecule has 0 unspecified atom stereocenters. The third-order valence-electron chi connectivity index (χ3n) is 4.05. The first-order valence-electron chi connectivity index (χ1n) is 8.67. The van der Waals surface area contributed by atoms with Gasteiger partial charge in [0.1, 0.15) is 0 Å². The summed E-state index contributed by atoms with van der Waals surface area (Å²) in [7, 11) is 0. The van der Waals surface area contributed by atoms with Crippen molar-refractivity contribution in [2.45, 2.75) is 6.42 Å². The van der Waals surface area contributed by atoms with Gasteiger partial charge in [0.2, 0.25) is 0 Å². The Morgan fingerprint density at radius 1 is 0.828 bits per heavy atom. The number of amides is 1. The van der Waals surface area contributed by atoms with E-state index >= 15 is 0 Å². The summed E-state index contributed by atoms with van der Waals surface area (Å²) >= 11 is 17.9. The SMILES string of the molecule is O=C(COC(=O)Cc1ccc(-c2ccccc2)cc1)Nc1c(Cl)cc(Cl)cc1Cl. The van der Waals surface area contributed by atoms with Crippen LogP contribution in [0.25, 0.3) is 11.1 Å². The summed E-state index contributed by atoms with van der Waals surface area (Å²) in [5.74, 6) is -1.06. The highest BCUT2D eigenvalue weighted by Crippen LogP contribution is 2.33. The van der Waals surface area contributed by atoms with Crippen molar-refractivity contribution in [3.8, 4) is 11.1 Å². The number of carbonyl (C=O) groups is 2. The molecule has 3 aromatic rings. The molecule has 29 heavy (non-hydrogen) atoms. The molecule has 0 saturated heterocycles. The van der Waals surface area contributed by atoms with E-state index in [2.05, 4.69) is 5.32 Å². The number of hydrogen-bond acceptors (Lipinski definition) is 3. The summed E-state index contributed by atoms with van der Waals surface area (Å²) in [6, 6.07) is 20.4. The van der Waals surface area contributed by atoms with Gasteiger partial charge in [0.15, 0.2) is 6.61 Å². The molecular weight excluding hydrogens is 433 g/mol. The van der Waals surface area contributed by atoms with Crippen molar-refractivity contribution in [2.75, 3.05) is 11.9 Å². The fourth-order valence-corrected chi connectivity index (χ4v) is 3.56. The minimum absolute atomic E-state index is 0.0603. The Kier molecular flexibility index (Phi) is 7.15. The molecule has 0 radical (unpaired) electrons. The zero-order valence-electron chi connectivity index (χ0n) is 15.1. The molecule has 0 aliphatic heterocycles. The van der Waals surface area contributed by atoms with Crippen molar-refractivity contribution in [1.82, 2.24) is 0 Å². The van der Waals surface area contributed by atoms with Crippen LogP contribution in [0.4, 0.5) is 5.69 Å². The number of nitrogens with one attached hydrogen (secondary N) is 1. The second kappa shape index (κ2) is 9.79. The number of esters is 1. The number of halogens is 3. The van der Waals surface area contributed by atoms with Crippen LogP contribution in [0.3, 0.4) is 0 Å². The van der Waals surface area contributed by atoms with Gasteiger partial charge in [-0.2, -0.15) is 0 Å². The van der Waals surface area contributed by atoms with E-state index in [1.54, 1.807) is 0 Å². The van der Waals surface area contributed by atoms with Gasteiger partial charge in [-0.05, 0) is 28.8 Å². The second-order valence-electron chi connectivity index (χ2n) is 6.19. The molecule has 3 aromatic carbocycles. The largest absolute Gasteiger partial charge is 0.455 e. The van der Waals surface area contributed by atoms with E-state index in [1.165, 1.54) is 12.1 Å². The van der Waals surface area contributed by atoms with E-state index in [-0.39, 0.29) is 22.2 Å². The van der Waals surface area contributed by atoms with Gasteiger partial charge in [0, 0.05) is 5.02 Å². The molecule has 0 saturated carbocycles. The fourth-order valence-electron chi connectivity index (χ4n) is 2.65. The number of carbonyl (C=O) groups excluding carboxylic acids is 2. The maximum Gasteiger partial charge on any atom is 0.310 e. The predicted octanol–water partition coefficient (Wildman–Crippen LogP) is 6.04. The van der Waals surface area contributed by atoms with Crippen LogP contribution in [-0.2, 0) is 20.7 Å². The average Bonchev–Trinajstić information content (AvgIpc) is 2.70. The van der Waals surface area contributed by atoms with E-state index in [9.17, 15) is 9.59 Å². The zero-order chi connectivity index (χ0) is 20.8. The number of anilines is 1. The molecule has 0 spiro atoms. The highest BCUT2D eigenvalue weighted by Gasteiger charge is 2.13. The maximum atomic E-state index is 12.0. The summed E-state index contributed by atoms with van der Waals surface area (Å²) in [4.78, 5) is 24.1. The van der Waals surface area contributed by atoms with Gasteiger partial charge in [0.25, 0.3) is 5.91 Å². The molecule has 0 aliphatic rings. The Balaban J connectivity index is 1.51. The van der Waals surface area contributed by atoms with Gasteiger partial charge in [-0.3, -0.25) is 9.59 Å². The van der Waals surface area contributed by atoms with Gasteiger partial charge in [-0.25, -0.2) is 0 Å². The van der Waals surface area contributed by atoms with Crippen molar-refractivity contribution in [3.63, 3.8) is 0 Å². The molecule has 1 amide bonds. The maximum absolute atomic E-state index is 12.0. The van der Waals surface area contributed by atoms with E-state index < -0.39 is 18.5 Å². The molecule has 0 fully saturated rings. The van der Waals surface area contributed by atoms with Gasteiger partial charge in [0.05, 0.1) is 22.2 Å². The van der Waals surface area contributed by atoms with E-state index in [1.807, 2.05) is 54.6 Å². The first-order valence-corrected chi connectivity index (χ1v) is 9.80. The van der Waals surface area contributed by atoms with Crippen LogP contribution < -0.4 is 5.32 Å². The Bertz CT molecular complexity index is 998. The molecule has 0 bridgehead atoms. The zero-order valence-corrected chi connectivity index (χ0v) is 17.4. The van der Waals surface area contributed by atoms with Crippen molar-refractivity contribution < 1.29 is 14.3 Å². The van der Waals surface area contributed by atoms with Crippen molar-refractivity contribution in [2.24, 2.45) is 0 Å². The minimum atomic E-state index is -0.552. The summed E-state index contributed by atoms with van der Waals surface area (Å²) < 4.78 is 5.04. The molecule has 1 N–H and O–H groups in total. The summed E-state index contributed by atoms with van der Waals surface area (Å²) in [6.45, 7) is -0.448. The summed E-state index contributed by atoms with van der Waals surface area (Å²) in [6.07, 6.45) is 0.0603. The Hall–Kier alpha value is -2.53. The number of hydrogen-bond donors (Lipinski definition) is 1. The number of rotatable bonds is 6. The van der Waals surface area contributed by atoms with Gasteiger partial charge in [-0.15, -0.1) is 0 Å². The van der Waals surface area contributed by atoms with Crippen LogP contribution in [0.1, 0.15) is 5.56 Å². The third kappa shape index (κ3) is 5.97. The molecule has 7 heteroatoms. The van der Waals surface area contributed by atoms with Crippen molar-refractivity contribution >= 4 is 52.4 Å². The lowest BCUT2D eigenvalue weighted by atomic mass is 10.0. The van der Waals surface area contributed by atoms with E-state index in [0.717, 1.165) is 16.7 Å². The summed E-state index contributed by atoms with van der Waals surface area (Å²) in [5.41, 5.74) is 3.16. The average molecular weight is 449 g/mol. The first kappa shape index (κ1) is 21.2. The second-order valence-corrected chi connectivity index (χ2v) is 7.44. The minimum Gasteiger partial charge on any atom is -0.455 e. The topological polar surface area (TPSA) is 55.4 Å². The normalized spacial score (nSPS) is 10.4. The molecule has 3 rings (SSSR count). The predicted molar refractivity (Wildman–Crippen MR) is 117 cm³/mol. The van der Waals surface area contributed by atoms with Crippen molar-refractivity contribution in [3.05, 3.63) is 87.4 Å². The Morgan fingerprint density at radius 3 is 2.03 bits per heavy atom. The quantitative estimate of drug-likeness (QED) is 0.468. The monoisotopic (exact) mass is 447 g/mol. The molecule has 148 valence electrons. The first-order chi connectivity index (χ1) is 13.9. The van der Waals surface area contributed by atoms with Gasteiger partial charge >= 0.3 is 5.97 Å². The van der Waals surface area contributed by atoms with Gasteiger partial charge < -0.3 is 10.1 Å². The number of benzene rings is 3. The fraction of sp³-hybridized carbons (Fsp3) is 0.0909. The summed E-state index contributed by atoms with van der Waals surface area (Å²) in [5, 5.41) is 3.25.